The Morgan fingerprint density at radius 1 is 1.06 bits per heavy atom. The van der Waals surface area contributed by atoms with Gasteiger partial charge in [0.05, 0.1) is 12.1 Å². The van der Waals surface area contributed by atoms with E-state index in [0.29, 0.717) is 33.7 Å². The highest BCUT2D eigenvalue weighted by Crippen LogP contribution is 2.37. The summed E-state index contributed by atoms with van der Waals surface area (Å²) >= 11 is 12.6. The van der Waals surface area contributed by atoms with Crippen molar-refractivity contribution < 1.29 is 14.3 Å². The number of hydrogen-bond donors (Lipinski definition) is 1. The van der Waals surface area contributed by atoms with Crippen molar-refractivity contribution in [3.63, 3.8) is 0 Å². The van der Waals surface area contributed by atoms with Gasteiger partial charge >= 0.3 is 0 Å². The maximum absolute atomic E-state index is 12.5. The van der Waals surface area contributed by atoms with Crippen LogP contribution in [0.25, 0.3) is 6.08 Å². The molecule has 1 N–H and O–H groups in total. The van der Waals surface area contributed by atoms with Crippen LogP contribution < -0.4 is 14.8 Å². The predicted octanol–water partition coefficient (Wildman–Crippen LogP) is 6.24. The molecule has 5 nitrogen and oxygen atoms in total. The number of nitrogens with one attached hydrogen (secondary N) is 1. The Labute approximate surface area is 209 Å². The van der Waals surface area contributed by atoms with Gasteiger partial charge in [-0.2, -0.15) is 5.26 Å². The standard InChI is InChI=1S/C27H24Cl2N2O3/c1-33-25-16-20(15-24(29)26(25)34-18-21-11-5-6-12-23(21)28)14-22(17-30)27(32)31-13-7-10-19-8-3-2-4-9-19/h2-6,8-9,11-12,14-16H,7,10,13,18H2,1H3,(H,31,32)/b22-14-. The van der Waals surface area contributed by atoms with Gasteiger partial charge in [-0.1, -0.05) is 71.7 Å². The van der Waals surface area contributed by atoms with Crippen LogP contribution in [0.15, 0.2) is 72.3 Å². The molecule has 0 aromatic heterocycles. The highest BCUT2D eigenvalue weighted by Gasteiger charge is 2.15. The van der Waals surface area contributed by atoms with Crippen molar-refractivity contribution in [2.75, 3.05) is 13.7 Å². The fraction of sp³-hybridized carbons (Fsp3) is 0.185. The molecule has 3 aromatic rings. The zero-order valence-electron chi connectivity index (χ0n) is 18.7. The van der Waals surface area contributed by atoms with E-state index < -0.39 is 5.91 Å². The number of hydrogen-bond acceptors (Lipinski definition) is 4. The van der Waals surface area contributed by atoms with Gasteiger partial charge in [-0.05, 0) is 48.2 Å². The fourth-order valence-corrected chi connectivity index (χ4v) is 3.74. The quantitative estimate of drug-likeness (QED) is 0.205. The second kappa shape index (κ2) is 12.7. The smallest absolute Gasteiger partial charge is 0.261 e. The Hall–Kier alpha value is -3.46. The summed E-state index contributed by atoms with van der Waals surface area (Å²) in [5, 5.41) is 13.2. The van der Waals surface area contributed by atoms with Crippen LogP contribution in [0.3, 0.4) is 0 Å². The molecule has 0 saturated carbocycles. The van der Waals surface area contributed by atoms with Crippen molar-refractivity contribution in [2.24, 2.45) is 0 Å². The maximum atomic E-state index is 12.5. The molecule has 1 amide bonds. The van der Waals surface area contributed by atoms with E-state index in [1.807, 2.05) is 54.6 Å². The van der Waals surface area contributed by atoms with Gasteiger partial charge in [0.15, 0.2) is 11.5 Å². The van der Waals surface area contributed by atoms with Crippen molar-refractivity contribution in [3.05, 3.63) is 99.0 Å². The van der Waals surface area contributed by atoms with Crippen LogP contribution in [0.5, 0.6) is 11.5 Å². The van der Waals surface area contributed by atoms with Crippen LogP contribution in [0.2, 0.25) is 10.0 Å². The SMILES string of the molecule is COc1cc(/C=C(/C#N)C(=O)NCCCc2ccccc2)cc(Cl)c1OCc1ccccc1Cl. The van der Waals surface area contributed by atoms with E-state index >= 15 is 0 Å². The number of nitriles is 1. The summed E-state index contributed by atoms with van der Waals surface area (Å²) in [4.78, 5) is 12.5. The zero-order chi connectivity index (χ0) is 24.3. The Kier molecular flexibility index (Phi) is 9.40. The van der Waals surface area contributed by atoms with Gasteiger partial charge in [0.25, 0.3) is 5.91 Å². The number of ether oxygens (including phenoxy) is 2. The average Bonchev–Trinajstić information content (AvgIpc) is 2.85. The van der Waals surface area contributed by atoms with Gasteiger partial charge in [-0.25, -0.2) is 0 Å². The third-order valence-corrected chi connectivity index (χ3v) is 5.68. The molecule has 174 valence electrons. The minimum atomic E-state index is -0.440. The summed E-state index contributed by atoms with van der Waals surface area (Å²) in [5.41, 5.74) is 2.53. The van der Waals surface area contributed by atoms with Gasteiger partial charge in [-0.3, -0.25) is 4.79 Å². The van der Waals surface area contributed by atoms with Crippen LogP contribution in [-0.2, 0) is 17.8 Å². The first kappa shape index (κ1) is 25.2. The highest BCUT2D eigenvalue weighted by atomic mass is 35.5. The Balaban J connectivity index is 1.66. The molecular weight excluding hydrogens is 471 g/mol. The molecular formula is C27H24Cl2N2O3. The van der Waals surface area contributed by atoms with E-state index in [4.69, 9.17) is 32.7 Å². The molecule has 0 atom stereocenters. The summed E-state index contributed by atoms with van der Waals surface area (Å²) in [6, 6.07) is 22.6. The minimum absolute atomic E-state index is 0.0254. The summed E-state index contributed by atoms with van der Waals surface area (Å²) in [7, 11) is 1.49. The number of rotatable bonds is 10. The molecule has 0 saturated heterocycles. The molecule has 3 aromatic carbocycles. The van der Waals surface area contributed by atoms with Crippen molar-refractivity contribution in [3.8, 4) is 17.6 Å². The van der Waals surface area contributed by atoms with E-state index in [2.05, 4.69) is 5.32 Å². The van der Waals surface area contributed by atoms with Crippen molar-refractivity contribution in [1.29, 1.82) is 5.26 Å². The number of benzene rings is 3. The Bertz CT molecular complexity index is 1200. The predicted molar refractivity (Wildman–Crippen MR) is 135 cm³/mol. The number of carbonyl (C=O) groups excluding carboxylic acids is 1. The molecule has 0 aliphatic rings. The molecule has 0 spiro atoms. The summed E-state index contributed by atoms with van der Waals surface area (Å²) < 4.78 is 11.3. The summed E-state index contributed by atoms with van der Waals surface area (Å²) in [5.74, 6) is 0.293. The van der Waals surface area contributed by atoms with Crippen LogP contribution >= 0.6 is 23.2 Å². The van der Waals surface area contributed by atoms with Gasteiger partial charge < -0.3 is 14.8 Å². The summed E-state index contributed by atoms with van der Waals surface area (Å²) in [6.07, 6.45) is 3.08. The van der Waals surface area contributed by atoms with Gasteiger partial charge in [0, 0.05) is 17.1 Å². The molecule has 0 aliphatic carbocycles. The number of halogens is 2. The lowest BCUT2D eigenvalue weighted by Gasteiger charge is -2.14. The molecule has 0 bridgehead atoms. The van der Waals surface area contributed by atoms with Gasteiger partial charge in [-0.15, -0.1) is 0 Å². The number of aryl methyl sites for hydroxylation is 1. The van der Waals surface area contributed by atoms with Crippen molar-refractivity contribution >= 4 is 35.2 Å². The molecule has 0 radical (unpaired) electrons. The number of nitrogens with zero attached hydrogens (tertiary/aromatic N) is 1. The fourth-order valence-electron chi connectivity index (χ4n) is 3.28. The van der Waals surface area contributed by atoms with Gasteiger partial charge in [0.1, 0.15) is 18.2 Å². The van der Waals surface area contributed by atoms with E-state index in [-0.39, 0.29) is 12.2 Å². The van der Waals surface area contributed by atoms with Crippen molar-refractivity contribution in [1.82, 2.24) is 5.32 Å². The molecule has 7 heteroatoms. The lowest BCUT2D eigenvalue weighted by molar-refractivity contribution is -0.117. The topological polar surface area (TPSA) is 71.3 Å². The second-order valence-corrected chi connectivity index (χ2v) is 8.24. The first-order valence-corrected chi connectivity index (χ1v) is 11.4. The Morgan fingerprint density at radius 2 is 1.79 bits per heavy atom. The zero-order valence-corrected chi connectivity index (χ0v) is 20.2. The number of carbonyl (C=O) groups is 1. The molecule has 0 unspecified atom stereocenters. The first-order valence-electron chi connectivity index (χ1n) is 10.7. The summed E-state index contributed by atoms with van der Waals surface area (Å²) in [6.45, 7) is 0.672. The molecule has 0 aliphatic heterocycles. The van der Waals surface area contributed by atoms with E-state index in [9.17, 15) is 10.1 Å². The second-order valence-electron chi connectivity index (χ2n) is 7.43. The van der Waals surface area contributed by atoms with Crippen molar-refractivity contribution in [2.45, 2.75) is 19.4 Å². The van der Waals surface area contributed by atoms with Crippen LogP contribution in [0.4, 0.5) is 0 Å². The lowest BCUT2D eigenvalue weighted by Crippen LogP contribution is -2.25. The largest absolute Gasteiger partial charge is 0.493 e. The van der Waals surface area contributed by atoms with E-state index in [1.54, 1.807) is 18.2 Å². The maximum Gasteiger partial charge on any atom is 0.261 e. The molecule has 0 heterocycles. The number of amides is 1. The Morgan fingerprint density at radius 3 is 2.50 bits per heavy atom. The first-order chi connectivity index (χ1) is 16.5. The molecule has 34 heavy (non-hydrogen) atoms. The van der Waals surface area contributed by atoms with Gasteiger partial charge in [0.2, 0.25) is 0 Å². The monoisotopic (exact) mass is 494 g/mol. The van der Waals surface area contributed by atoms with Crippen LogP contribution in [-0.4, -0.2) is 19.6 Å². The normalized spacial score (nSPS) is 10.9. The molecule has 0 fully saturated rings. The van der Waals surface area contributed by atoms with E-state index in [1.165, 1.54) is 18.7 Å². The van der Waals surface area contributed by atoms with E-state index in [0.717, 1.165) is 18.4 Å². The van der Waals surface area contributed by atoms with Crippen LogP contribution in [0, 0.1) is 11.3 Å². The minimum Gasteiger partial charge on any atom is -0.493 e. The third kappa shape index (κ3) is 7.02. The average molecular weight is 495 g/mol. The lowest BCUT2D eigenvalue weighted by atomic mass is 10.1. The molecule has 3 rings (SSSR count). The third-order valence-electron chi connectivity index (χ3n) is 5.03. The highest BCUT2D eigenvalue weighted by molar-refractivity contribution is 6.32. The number of methoxy groups -OCH3 is 1. The van der Waals surface area contributed by atoms with Crippen LogP contribution in [0.1, 0.15) is 23.1 Å².